The van der Waals surface area contributed by atoms with Crippen LogP contribution >= 0.6 is 0 Å². The Morgan fingerprint density at radius 1 is 0.962 bits per heavy atom. The average Bonchev–Trinajstić information content (AvgIpc) is 2.67. The number of aromatic nitrogens is 1. The van der Waals surface area contributed by atoms with Crippen LogP contribution in [0.2, 0.25) is 0 Å². The largest absolute Gasteiger partial charge is 0.416 e. The lowest BCUT2D eigenvalue weighted by molar-refractivity contribution is -0.137. The molecule has 1 unspecified atom stereocenters. The number of alkyl halides is 3. The van der Waals surface area contributed by atoms with E-state index in [0.717, 1.165) is 23.6 Å². The summed E-state index contributed by atoms with van der Waals surface area (Å²) in [5, 5.41) is 0. The van der Waals surface area contributed by atoms with Gasteiger partial charge in [-0.15, -0.1) is 0 Å². The SMILES string of the molecule is FC(F)(F)c1cccc(N2CCc3ccccc3C2c2cccnc2)c1. The molecule has 1 aromatic heterocycles. The number of benzene rings is 2. The van der Waals surface area contributed by atoms with Gasteiger partial charge in [-0.2, -0.15) is 13.2 Å². The molecular formula is C21H17F3N2. The van der Waals surface area contributed by atoms with Crippen LogP contribution in [0.4, 0.5) is 18.9 Å². The van der Waals surface area contributed by atoms with E-state index in [1.54, 1.807) is 18.5 Å². The Morgan fingerprint density at radius 2 is 1.81 bits per heavy atom. The molecule has 0 aliphatic carbocycles. The van der Waals surface area contributed by atoms with Gasteiger partial charge in [0.05, 0.1) is 11.6 Å². The molecular weight excluding hydrogens is 337 g/mol. The van der Waals surface area contributed by atoms with Gasteiger partial charge in [-0.05, 0) is 47.4 Å². The van der Waals surface area contributed by atoms with Gasteiger partial charge < -0.3 is 4.90 Å². The molecule has 0 saturated heterocycles. The van der Waals surface area contributed by atoms with Gasteiger partial charge in [0, 0.05) is 24.6 Å². The van der Waals surface area contributed by atoms with E-state index >= 15 is 0 Å². The fourth-order valence-electron chi connectivity index (χ4n) is 3.60. The molecule has 4 rings (SSSR count). The molecule has 1 aliphatic rings. The van der Waals surface area contributed by atoms with E-state index in [2.05, 4.69) is 11.1 Å². The van der Waals surface area contributed by atoms with Crippen LogP contribution in [-0.4, -0.2) is 11.5 Å². The van der Waals surface area contributed by atoms with Crippen molar-refractivity contribution >= 4 is 5.69 Å². The molecule has 0 N–H and O–H groups in total. The number of hydrogen-bond donors (Lipinski definition) is 0. The predicted octanol–water partition coefficient (Wildman–Crippen LogP) is 5.25. The van der Waals surface area contributed by atoms with Crippen LogP contribution in [0.15, 0.2) is 73.1 Å². The maximum absolute atomic E-state index is 13.2. The first-order valence-corrected chi connectivity index (χ1v) is 8.46. The number of rotatable bonds is 2. The molecule has 0 spiro atoms. The summed E-state index contributed by atoms with van der Waals surface area (Å²) in [7, 11) is 0. The first-order chi connectivity index (χ1) is 12.5. The van der Waals surface area contributed by atoms with Crippen molar-refractivity contribution in [2.24, 2.45) is 0 Å². The zero-order valence-corrected chi connectivity index (χ0v) is 13.9. The van der Waals surface area contributed by atoms with E-state index in [9.17, 15) is 13.2 Å². The second kappa shape index (κ2) is 6.48. The molecule has 0 fully saturated rings. The van der Waals surface area contributed by atoms with Crippen molar-refractivity contribution in [3.8, 4) is 0 Å². The summed E-state index contributed by atoms with van der Waals surface area (Å²) in [6, 6.07) is 17.3. The number of pyridine rings is 1. The van der Waals surface area contributed by atoms with Crippen LogP contribution in [0.1, 0.15) is 28.3 Å². The molecule has 3 aromatic rings. The summed E-state index contributed by atoms with van der Waals surface area (Å²) >= 11 is 0. The molecule has 0 saturated carbocycles. The van der Waals surface area contributed by atoms with Crippen molar-refractivity contribution in [1.29, 1.82) is 0 Å². The van der Waals surface area contributed by atoms with Crippen LogP contribution < -0.4 is 4.90 Å². The minimum Gasteiger partial charge on any atom is -0.360 e. The number of hydrogen-bond acceptors (Lipinski definition) is 2. The van der Waals surface area contributed by atoms with E-state index in [1.807, 2.05) is 35.2 Å². The molecule has 1 aliphatic heterocycles. The fraction of sp³-hybridized carbons (Fsp3) is 0.190. The van der Waals surface area contributed by atoms with Crippen LogP contribution in [-0.2, 0) is 12.6 Å². The Kier molecular flexibility index (Phi) is 4.15. The zero-order valence-electron chi connectivity index (χ0n) is 13.9. The lowest BCUT2D eigenvalue weighted by Gasteiger charge is -2.39. The number of anilines is 1. The summed E-state index contributed by atoms with van der Waals surface area (Å²) in [5.74, 6) is 0. The third-order valence-corrected chi connectivity index (χ3v) is 4.79. The highest BCUT2D eigenvalue weighted by molar-refractivity contribution is 5.57. The highest BCUT2D eigenvalue weighted by Gasteiger charge is 2.33. The van der Waals surface area contributed by atoms with E-state index in [-0.39, 0.29) is 6.04 Å². The molecule has 2 heterocycles. The zero-order chi connectivity index (χ0) is 18.1. The average molecular weight is 354 g/mol. The quantitative estimate of drug-likeness (QED) is 0.625. The van der Waals surface area contributed by atoms with Crippen molar-refractivity contribution in [3.63, 3.8) is 0 Å². The Bertz CT molecular complexity index is 906. The van der Waals surface area contributed by atoms with Gasteiger partial charge in [-0.3, -0.25) is 4.98 Å². The molecule has 5 heteroatoms. The molecule has 0 amide bonds. The highest BCUT2D eigenvalue weighted by Crippen LogP contribution is 2.39. The van der Waals surface area contributed by atoms with Crippen LogP contribution in [0.25, 0.3) is 0 Å². The molecule has 1 atom stereocenters. The summed E-state index contributed by atoms with van der Waals surface area (Å²) in [6.07, 6.45) is -0.0725. The van der Waals surface area contributed by atoms with E-state index in [1.165, 1.54) is 17.7 Å². The summed E-state index contributed by atoms with van der Waals surface area (Å²) < 4.78 is 39.5. The maximum Gasteiger partial charge on any atom is 0.416 e. The van der Waals surface area contributed by atoms with Gasteiger partial charge in [0.15, 0.2) is 0 Å². The Hall–Kier alpha value is -2.82. The Morgan fingerprint density at radius 3 is 2.58 bits per heavy atom. The second-order valence-corrected chi connectivity index (χ2v) is 6.38. The predicted molar refractivity (Wildman–Crippen MR) is 95.0 cm³/mol. The topological polar surface area (TPSA) is 16.1 Å². The molecule has 26 heavy (non-hydrogen) atoms. The van der Waals surface area contributed by atoms with Crippen LogP contribution in [0, 0.1) is 0 Å². The smallest absolute Gasteiger partial charge is 0.360 e. The van der Waals surface area contributed by atoms with Crippen molar-refractivity contribution < 1.29 is 13.2 Å². The molecule has 132 valence electrons. The monoisotopic (exact) mass is 354 g/mol. The van der Waals surface area contributed by atoms with Crippen molar-refractivity contribution in [3.05, 3.63) is 95.3 Å². The molecule has 0 radical (unpaired) electrons. The summed E-state index contributed by atoms with van der Waals surface area (Å²) in [4.78, 5) is 6.25. The van der Waals surface area contributed by atoms with Gasteiger partial charge in [-0.1, -0.05) is 36.4 Å². The minimum absolute atomic E-state index is 0.155. The Balaban J connectivity index is 1.83. The molecule has 2 nitrogen and oxygen atoms in total. The fourth-order valence-corrected chi connectivity index (χ4v) is 3.60. The van der Waals surface area contributed by atoms with Crippen LogP contribution in [0.3, 0.4) is 0 Å². The van der Waals surface area contributed by atoms with Crippen molar-refractivity contribution in [2.45, 2.75) is 18.6 Å². The molecule has 2 aromatic carbocycles. The third kappa shape index (κ3) is 3.05. The van der Waals surface area contributed by atoms with E-state index in [0.29, 0.717) is 12.2 Å². The highest BCUT2D eigenvalue weighted by atomic mass is 19.4. The van der Waals surface area contributed by atoms with Gasteiger partial charge >= 0.3 is 6.18 Å². The summed E-state index contributed by atoms with van der Waals surface area (Å²) in [6.45, 7) is 0.651. The van der Waals surface area contributed by atoms with Crippen molar-refractivity contribution in [2.75, 3.05) is 11.4 Å². The number of fused-ring (bicyclic) bond motifs is 1. The number of nitrogens with zero attached hydrogens (tertiary/aromatic N) is 2. The normalized spacial score (nSPS) is 17.0. The third-order valence-electron chi connectivity index (χ3n) is 4.79. The summed E-state index contributed by atoms with van der Waals surface area (Å²) in [5.41, 5.74) is 3.26. The van der Waals surface area contributed by atoms with Gasteiger partial charge in [0.1, 0.15) is 0 Å². The van der Waals surface area contributed by atoms with Gasteiger partial charge in [0.2, 0.25) is 0 Å². The van der Waals surface area contributed by atoms with Crippen LogP contribution in [0.5, 0.6) is 0 Å². The standard InChI is InChI=1S/C21H17F3N2/c22-21(23,24)17-7-3-8-18(13-17)26-12-10-15-5-1-2-9-19(15)20(26)16-6-4-11-25-14-16/h1-9,11,13-14,20H,10,12H2. The lowest BCUT2D eigenvalue weighted by Crippen LogP contribution is -2.36. The van der Waals surface area contributed by atoms with Gasteiger partial charge in [-0.25, -0.2) is 0 Å². The Labute approximate surface area is 149 Å². The first kappa shape index (κ1) is 16.6. The number of halogens is 3. The van der Waals surface area contributed by atoms with E-state index in [4.69, 9.17) is 0 Å². The second-order valence-electron chi connectivity index (χ2n) is 6.38. The van der Waals surface area contributed by atoms with Gasteiger partial charge in [0.25, 0.3) is 0 Å². The lowest BCUT2D eigenvalue weighted by atomic mass is 9.88. The minimum atomic E-state index is -4.35. The maximum atomic E-state index is 13.2. The van der Waals surface area contributed by atoms with Crippen molar-refractivity contribution in [1.82, 2.24) is 4.98 Å². The van der Waals surface area contributed by atoms with E-state index < -0.39 is 11.7 Å². The first-order valence-electron chi connectivity index (χ1n) is 8.46. The molecule has 0 bridgehead atoms.